The van der Waals surface area contributed by atoms with Crippen LogP contribution in [0.3, 0.4) is 0 Å². The molecule has 1 fully saturated rings. The summed E-state index contributed by atoms with van der Waals surface area (Å²) in [4.78, 5) is 37.6. The van der Waals surface area contributed by atoms with E-state index in [1.807, 2.05) is 0 Å². The number of amides is 2. The smallest absolute Gasteiger partial charge is 0.338 e. The van der Waals surface area contributed by atoms with Crippen molar-refractivity contribution in [3.8, 4) is 0 Å². The average Bonchev–Trinajstić information content (AvgIpc) is 3.31. The van der Waals surface area contributed by atoms with Gasteiger partial charge in [0.25, 0.3) is 5.91 Å². The number of hydrogen-bond acceptors (Lipinski definition) is 5. The van der Waals surface area contributed by atoms with Crippen LogP contribution in [0.15, 0.2) is 47.1 Å². The van der Waals surface area contributed by atoms with E-state index in [-0.39, 0.29) is 11.9 Å². The van der Waals surface area contributed by atoms with Crippen molar-refractivity contribution in [2.24, 2.45) is 0 Å². The molecule has 2 heterocycles. The van der Waals surface area contributed by atoms with Gasteiger partial charge in [-0.25, -0.2) is 4.79 Å². The number of nitrogens with one attached hydrogen (secondary N) is 1. The number of esters is 1. The van der Waals surface area contributed by atoms with Crippen molar-refractivity contribution in [3.05, 3.63) is 54.0 Å². The molecule has 1 N–H and O–H groups in total. The van der Waals surface area contributed by atoms with E-state index in [2.05, 4.69) is 5.32 Å². The minimum atomic E-state index is -0.612. The first-order valence-corrected chi connectivity index (χ1v) is 8.45. The van der Waals surface area contributed by atoms with Gasteiger partial charge in [0.05, 0.1) is 17.9 Å². The van der Waals surface area contributed by atoms with Gasteiger partial charge in [-0.05, 0) is 43.7 Å². The molecule has 136 valence electrons. The summed E-state index contributed by atoms with van der Waals surface area (Å²) in [6.45, 7) is 2.02. The van der Waals surface area contributed by atoms with Gasteiger partial charge in [0.2, 0.25) is 5.91 Å². The molecule has 2 aromatic rings. The molecule has 7 heteroatoms. The van der Waals surface area contributed by atoms with Gasteiger partial charge in [0.15, 0.2) is 6.61 Å². The van der Waals surface area contributed by atoms with E-state index in [0.29, 0.717) is 30.0 Å². The van der Waals surface area contributed by atoms with Gasteiger partial charge >= 0.3 is 5.97 Å². The number of rotatable bonds is 6. The predicted molar refractivity (Wildman–Crippen MR) is 93.6 cm³/mol. The van der Waals surface area contributed by atoms with Crippen molar-refractivity contribution >= 4 is 23.5 Å². The summed E-state index contributed by atoms with van der Waals surface area (Å²) < 4.78 is 10.3. The van der Waals surface area contributed by atoms with Crippen LogP contribution in [0.2, 0.25) is 0 Å². The molecule has 1 aliphatic rings. The first-order chi connectivity index (χ1) is 12.5. The summed E-state index contributed by atoms with van der Waals surface area (Å²) in [6, 6.07) is 9.83. The second-order valence-electron chi connectivity index (χ2n) is 6.08. The third-order valence-electron chi connectivity index (χ3n) is 4.15. The van der Waals surface area contributed by atoms with Gasteiger partial charge in [-0.3, -0.25) is 9.59 Å². The van der Waals surface area contributed by atoms with Crippen molar-refractivity contribution in [1.29, 1.82) is 0 Å². The summed E-state index contributed by atoms with van der Waals surface area (Å²) in [7, 11) is 0. The van der Waals surface area contributed by atoms with Crippen LogP contribution >= 0.6 is 0 Å². The Morgan fingerprint density at radius 3 is 2.85 bits per heavy atom. The van der Waals surface area contributed by atoms with Crippen LogP contribution < -0.4 is 10.2 Å². The van der Waals surface area contributed by atoms with Crippen molar-refractivity contribution in [3.63, 3.8) is 0 Å². The van der Waals surface area contributed by atoms with Gasteiger partial charge in [0.1, 0.15) is 5.76 Å². The highest BCUT2D eigenvalue weighted by atomic mass is 16.5. The fourth-order valence-corrected chi connectivity index (χ4v) is 2.83. The third-order valence-corrected chi connectivity index (χ3v) is 4.15. The zero-order valence-corrected chi connectivity index (χ0v) is 14.4. The number of furan rings is 1. The molecule has 0 aliphatic carbocycles. The van der Waals surface area contributed by atoms with Gasteiger partial charge in [-0.2, -0.15) is 0 Å². The van der Waals surface area contributed by atoms with E-state index in [1.54, 1.807) is 48.2 Å². The Bertz CT molecular complexity index is 800. The van der Waals surface area contributed by atoms with Gasteiger partial charge in [-0.1, -0.05) is 6.07 Å². The standard InChI is InChI=1S/C19H20N2O5/c1-13(16-7-4-10-25-16)20-17(22)12-26-19(24)14-5-2-6-15(11-14)21-9-3-8-18(21)23/h2,4-7,10-11,13H,3,8-9,12H2,1H3,(H,20,22)/t13-/m0/s1. The van der Waals surface area contributed by atoms with Crippen molar-refractivity contribution in [1.82, 2.24) is 5.32 Å². The van der Waals surface area contributed by atoms with Crippen LogP contribution in [0.1, 0.15) is 41.9 Å². The van der Waals surface area contributed by atoms with E-state index >= 15 is 0 Å². The van der Waals surface area contributed by atoms with E-state index in [9.17, 15) is 14.4 Å². The third kappa shape index (κ3) is 4.11. The molecule has 0 saturated carbocycles. The molecule has 1 aliphatic heterocycles. The predicted octanol–water partition coefficient (Wildman–Crippen LogP) is 2.44. The monoisotopic (exact) mass is 356 g/mol. The lowest BCUT2D eigenvalue weighted by atomic mass is 10.2. The minimum absolute atomic E-state index is 0.0433. The Kier molecular flexibility index (Phi) is 5.36. The van der Waals surface area contributed by atoms with E-state index in [1.165, 1.54) is 6.26 Å². The normalized spacial score (nSPS) is 15.0. The van der Waals surface area contributed by atoms with Crippen LogP contribution in [-0.2, 0) is 14.3 Å². The zero-order chi connectivity index (χ0) is 18.5. The highest BCUT2D eigenvalue weighted by Crippen LogP contribution is 2.22. The number of hydrogen-bond donors (Lipinski definition) is 1. The minimum Gasteiger partial charge on any atom is -0.467 e. The first kappa shape index (κ1) is 17.7. The number of ether oxygens (including phenoxy) is 1. The molecule has 1 atom stereocenters. The lowest BCUT2D eigenvalue weighted by molar-refractivity contribution is -0.125. The summed E-state index contributed by atoms with van der Waals surface area (Å²) in [6.07, 6.45) is 2.85. The molecule has 1 aromatic heterocycles. The summed E-state index contributed by atoms with van der Waals surface area (Å²) >= 11 is 0. The Balaban J connectivity index is 1.55. The fourth-order valence-electron chi connectivity index (χ4n) is 2.83. The molecule has 1 saturated heterocycles. The number of anilines is 1. The van der Waals surface area contributed by atoms with Crippen molar-refractivity contribution in [2.75, 3.05) is 18.1 Å². The largest absolute Gasteiger partial charge is 0.467 e. The van der Waals surface area contributed by atoms with Crippen LogP contribution in [0.4, 0.5) is 5.69 Å². The number of benzene rings is 1. The maximum absolute atomic E-state index is 12.2. The Hall–Kier alpha value is -3.09. The van der Waals surface area contributed by atoms with E-state index in [4.69, 9.17) is 9.15 Å². The number of nitrogens with zero attached hydrogens (tertiary/aromatic N) is 1. The lowest BCUT2D eigenvalue weighted by Gasteiger charge is -2.16. The van der Waals surface area contributed by atoms with Gasteiger partial charge in [-0.15, -0.1) is 0 Å². The van der Waals surface area contributed by atoms with E-state index < -0.39 is 18.5 Å². The fraction of sp³-hybridized carbons (Fsp3) is 0.316. The maximum Gasteiger partial charge on any atom is 0.338 e. The molecular weight excluding hydrogens is 336 g/mol. The molecule has 0 unspecified atom stereocenters. The summed E-state index contributed by atoms with van der Waals surface area (Å²) in [5, 5.41) is 2.69. The average molecular weight is 356 g/mol. The quantitative estimate of drug-likeness (QED) is 0.803. The Morgan fingerprint density at radius 2 is 2.15 bits per heavy atom. The Labute approximate surface area is 150 Å². The van der Waals surface area contributed by atoms with Crippen LogP contribution in [0.5, 0.6) is 0 Å². The molecule has 0 radical (unpaired) electrons. The topological polar surface area (TPSA) is 88.9 Å². The highest BCUT2D eigenvalue weighted by Gasteiger charge is 2.22. The molecule has 3 rings (SSSR count). The second-order valence-corrected chi connectivity index (χ2v) is 6.08. The zero-order valence-electron chi connectivity index (χ0n) is 14.4. The number of carbonyl (C=O) groups excluding carboxylic acids is 3. The highest BCUT2D eigenvalue weighted by molar-refractivity contribution is 5.97. The molecule has 1 aromatic carbocycles. The first-order valence-electron chi connectivity index (χ1n) is 8.45. The summed E-state index contributed by atoms with van der Waals surface area (Å²) in [5.41, 5.74) is 0.965. The lowest BCUT2D eigenvalue weighted by Crippen LogP contribution is -2.31. The molecule has 0 spiro atoms. The SMILES string of the molecule is C[C@H](NC(=O)COC(=O)c1cccc(N2CCCC2=O)c1)c1ccco1. The van der Waals surface area contributed by atoms with Crippen molar-refractivity contribution < 1.29 is 23.5 Å². The van der Waals surface area contributed by atoms with Crippen LogP contribution in [-0.4, -0.2) is 30.9 Å². The molecule has 0 bridgehead atoms. The second kappa shape index (κ2) is 7.86. The van der Waals surface area contributed by atoms with Crippen molar-refractivity contribution in [2.45, 2.75) is 25.8 Å². The molecule has 7 nitrogen and oxygen atoms in total. The van der Waals surface area contributed by atoms with Crippen LogP contribution in [0.25, 0.3) is 0 Å². The molecular formula is C19H20N2O5. The maximum atomic E-state index is 12.2. The van der Waals surface area contributed by atoms with Gasteiger partial charge < -0.3 is 19.4 Å². The molecule has 26 heavy (non-hydrogen) atoms. The van der Waals surface area contributed by atoms with Gasteiger partial charge in [0, 0.05) is 18.7 Å². The Morgan fingerprint density at radius 1 is 1.31 bits per heavy atom. The molecule has 2 amide bonds. The van der Waals surface area contributed by atoms with Crippen LogP contribution in [0, 0.1) is 0 Å². The number of carbonyl (C=O) groups is 3. The van der Waals surface area contributed by atoms with E-state index in [0.717, 1.165) is 6.42 Å². The summed E-state index contributed by atoms with van der Waals surface area (Å²) in [5.74, 6) is -0.373.